The van der Waals surface area contributed by atoms with E-state index in [9.17, 15) is 5.11 Å². The number of pyridine rings is 1. The van der Waals surface area contributed by atoms with Gasteiger partial charge in [-0.05, 0) is 74.0 Å². The van der Waals surface area contributed by atoms with Crippen molar-refractivity contribution in [3.63, 3.8) is 0 Å². The van der Waals surface area contributed by atoms with E-state index in [1.165, 1.54) is 18.4 Å². The van der Waals surface area contributed by atoms with Crippen molar-refractivity contribution in [2.75, 3.05) is 20.2 Å². The molecule has 0 saturated carbocycles. The van der Waals surface area contributed by atoms with E-state index < -0.39 is 6.10 Å². The second-order valence-corrected chi connectivity index (χ2v) is 9.31. The number of rotatable bonds is 5. The molecule has 3 fully saturated rings. The van der Waals surface area contributed by atoms with Crippen molar-refractivity contribution in [1.82, 2.24) is 9.88 Å². The van der Waals surface area contributed by atoms with Crippen molar-refractivity contribution in [2.45, 2.75) is 45.3 Å². The zero-order chi connectivity index (χ0) is 21.5. The molecule has 5 heteroatoms. The van der Waals surface area contributed by atoms with Crippen LogP contribution in [0.3, 0.4) is 0 Å². The minimum absolute atomic E-state index is 0. The fourth-order valence-corrected chi connectivity index (χ4v) is 5.73. The number of methoxy groups -OCH3 is 1. The van der Waals surface area contributed by atoms with Gasteiger partial charge in [-0.3, -0.25) is 4.90 Å². The number of hydrogen-bond donors (Lipinski definition) is 1. The first kappa shape index (κ1) is 23.0. The smallest absolute Gasteiger partial charge is 0.119 e. The third kappa shape index (κ3) is 4.12. The van der Waals surface area contributed by atoms with Crippen LogP contribution in [0.4, 0.5) is 0 Å². The molecule has 3 aliphatic heterocycles. The fourth-order valence-electron chi connectivity index (χ4n) is 5.73. The number of aromatic nitrogens is 1. The largest absolute Gasteiger partial charge is 0.497 e. The maximum atomic E-state index is 11.7. The number of halogens is 1. The number of aliphatic hydroxyl groups is 1. The maximum Gasteiger partial charge on any atom is 0.119 e. The topological polar surface area (TPSA) is 45.6 Å². The molecule has 5 atom stereocenters. The van der Waals surface area contributed by atoms with Crippen LogP contribution in [0.1, 0.15) is 43.4 Å². The predicted molar refractivity (Wildman–Crippen MR) is 133 cm³/mol. The number of ether oxygens (including phenoxy) is 1. The Morgan fingerprint density at radius 2 is 2.03 bits per heavy atom. The molecule has 32 heavy (non-hydrogen) atoms. The Balaban J connectivity index is 0.00000245. The Morgan fingerprint density at radius 3 is 2.72 bits per heavy atom. The summed E-state index contributed by atoms with van der Waals surface area (Å²) in [6, 6.07) is 16.7. The molecular formula is C27H33ClN2O2. The Morgan fingerprint density at radius 1 is 1.19 bits per heavy atom. The first-order valence-electron chi connectivity index (χ1n) is 11.5. The summed E-state index contributed by atoms with van der Waals surface area (Å²) in [5, 5.41) is 12.7. The molecule has 1 aromatic heterocycles. The zero-order valence-electron chi connectivity index (χ0n) is 19.1. The molecule has 0 amide bonds. The molecule has 3 aliphatic rings. The van der Waals surface area contributed by atoms with Gasteiger partial charge in [-0.15, -0.1) is 12.4 Å². The number of fused-ring (bicyclic) bond motifs is 4. The molecule has 2 unspecified atom stereocenters. The van der Waals surface area contributed by atoms with Gasteiger partial charge < -0.3 is 9.84 Å². The summed E-state index contributed by atoms with van der Waals surface area (Å²) in [5.74, 6) is 2.30. The first-order valence-corrected chi connectivity index (χ1v) is 11.5. The average molecular weight is 453 g/mol. The van der Waals surface area contributed by atoms with Crippen molar-refractivity contribution in [3.05, 3.63) is 59.7 Å². The Bertz CT molecular complexity index is 1100. The summed E-state index contributed by atoms with van der Waals surface area (Å²) in [5.41, 5.74) is 5.07. The van der Waals surface area contributed by atoms with Crippen LogP contribution >= 0.6 is 12.4 Å². The van der Waals surface area contributed by atoms with E-state index in [4.69, 9.17) is 9.72 Å². The highest BCUT2D eigenvalue weighted by molar-refractivity contribution is 5.87. The molecule has 3 aromatic rings. The van der Waals surface area contributed by atoms with E-state index in [0.717, 1.165) is 64.8 Å². The SMILES string of the molecule is CC[C@H]1CN2CC[C@H]1CC2[C@H](O)c1cc(-c2cccc(C)c2)nc2ccc(OC)cc12.Cl. The van der Waals surface area contributed by atoms with E-state index in [-0.39, 0.29) is 18.4 Å². The van der Waals surface area contributed by atoms with Crippen LogP contribution < -0.4 is 4.74 Å². The van der Waals surface area contributed by atoms with Gasteiger partial charge in [-0.25, -0.2) is 4.98 Å². The van der Waals surface area contributed by atoms with E-state index in [1.54, 1.807) is 7.11 Å². The number of piperidine rings is 3. The summed E-state index contributed by atoms with van der Waals surface area (Å²) < 4.78 is 5.49. The van der Waals surface area contributed by atoms with Crippen LogP contribution in [-0.4, -0.2) is 41.2 Å². The molecule has 4 heterocycles. The summed E-state index contributed by atoms with van der Waals surface area (Å²) in [6.45, 7) is 6.61. The lowest BCUT2D eigenvalue weighted by Gasteiger charge is -2.51. The molecule has 2 bridgehead atoms. The molecule has 0 aliphatic carbocycles. The maximum absolute atomic E-state index is 11.7. The van der Waals surface area contributed by atoms with Crippen LogP contribution in [0, 0.1) is 18.8 Å². The van der Waals surface area contributed by atoms with Gasteiger partial charge in [-0.1, -0.05) is 37.1 Å². The molecule has 1 N–H and O–H groups in total. The normalized spacial score (nSPS) is 25.4. The summed E-state index contributed by atoms with van der Waals surface area (Å²) >= 11 is 0. The van der Waals surface area contributed by atoms with Gasteiger partial charge in [0.05, 0.1) is 24.4 Å². The summed E-state index contributed by atoms with van der Waals surface area (Å²) in [6.07, 6.45) is 3.03. The van der Waals surface area contributed by atoms with Crippen molar-refractivity contribution >= 4 is 23.3 Å². The highest BCUT2D eigenvalue weighted by atomic mass is 35.5. The summed E-state index contributed by atoms with van der Waals surface area (Å²) in [4.78, 5) is 7.47. The molecular weight excluding hydrogens is 420 g/mol. The van der Waals surface area contributed by atoms with Crippen molar-refractivity contribution < 1.29 is 9.84 Å². The van der Waals surface area contributed by atoms with Crippen molar-refractivity contribution in [2.24, 2.45) is 11.8 Å². The molecule has 2 aromatic carbocycles. The lowest BCUT2D eigenvalue weighted by molar-refractivity contribution is -0.0562. The highest BCUT2D eigenvalue weighted by Crippen LogP contribution is 2.43. The Hall–Kier alpha value is -2.14. The predicted octanol–water partition coefficient (Wildman–Crippen LogP) is 5.79. The number of hydrogen-bond acceptors (Lipinski definition) is 4. The number of aryl methyl sites for hydroxylation is 1. The molecule has 4 nitrogen and oxygen atoms in total. The van der Waals surface area contributed by atoms with Gasteiger partial charge >= 0.3 is 0 Å². The van der Waals surface area contributed by atoms with Crippen LogP contribution in [0.25, 0.3) is 22.2 Å². The van der Waals surface area contributed by atoms with Crippen LogP contribution in [0.5, 0.6) is 5.75 Å². The Kier molecular flexibility index (Phi) is 6.75. The molecule has 170 valence electrons. The third-order valence-corrected chi connectivity index (χ3v) is 7.51. The number of aliphatic hydroxyl groups excluding tert-OH is 1. The van der Waals surface area contributed by atoms with Crippen molar-refractivity contribution in [3.8, 4) is 17.0 Å². The van der Waals surface area contributed by atoms with Crippen LogP contribution in [0.15, 0.2) is 48.5 Å². The van der Waals surface area contributed by atoms with Gasteiger partial charge in [-0.2, -0.15) is 0 Å². The van der Waals surface area contributed by atoms with Gasteiger partial charge in [0.15, 0.2) is 0 Å². The van der Waals surface area contributed by atoms with Gasteiger partial charge in [0, 0.05) is 23.5 Å². The van der Waals surface area contributed by atoms with Gasteiger partial charge in [0.25, 0.3) is 0 Å². The van der Waals surface area contributed by atoms with Gasteiger partial charge in [0.1, 0.15) is 5.75 Å². The number of nitrogens with zero attached hydrogens (tertiary/aromatic N) is 2. The molecule has 0 spiro atoms. The Labute approximate surface area is 197 Å². The molecule has 3 saturated heterocycles. The standard InChI is InChI=1S/C27H32N2O2.ClH/c1-4-18-16-29-11-10-19(18)13-26(29)27(30)23-15-25(20-7-5-6-17(2)12-20)28-24-9-8-21(31-3)14-22(23)24;/h5-9,12,14-15,18-19,26-27,30H,4,10-11,13,16H2,1-3H3;1H/t18-,19-,26?,27+;/m0./s1. The van der Waals surface area contributed by atoms with E-state index in [2.05, 4.69) is 49.1 Å². The second-order valence-electron chi connectivity index (χ2n) is 9.31. The highest BCUT2D eigenvalue weighted by Gasteiger charge is 2.42. The lowest BCUT2D eigenvalue weighted by atomic mass is 9.72. The molecule has 6 rings (SSSR count). The van der Waals surface area contributed by atoms with Crippen molar-refractivity contribution in [1.29, 1.82) is 0 Å². The van der Waals surface area contributed by atoms with Gasteiger partial charge in [0.2, 0.25) is 0 Å². The quantitative estimate of drug-likeness (QED) is 0.531. The first-order chi connectivity index (χ1) is 15.1. The second kappa shape index (κ2) is 9.38. The van der Waals surface area contributed by atoms with Crippen LogP contribution in [-0.2, 0) is 0 Å². The summed E-state index contributed by atoms with van der Waals surface area (Å²) in [7, 11) is 1.68. The van der Waals surface area contributed by atoms with Crippen LogP contribution in [0.2, 0.25) is 0 Å². The monoisotopic (exact) mass is 452 g/mol. The molecule has 0 radical (unpaired) electrons. The minimum atomic E-state index is -0.540. The van der Waals surface area contributed by atoms with E-state index >= 15 is 0 Å². The third-order valence-electron chi connectivity index (χ3n) is 7.51. The van der Waals surface area contributed by atoms with E-state index in [0.29, 0.717) is 0 Å². The minimum Gasteiger partial charge on any atom is -0.497 e. The fraction of sp³-hybridized carbons (Fsp3) is 0.444. The lowest BCUT2D eigenvalue weighted by Crippen LogP contribution is -2.55. The zero-order valence-corrected chi connectivity index (χ0v) is 19.9. The average Bonchev–Trinajstić information content (AvgIpc) is 2.82. The van der Waals surface area contributed by atoms with E-state index in [1.807, 2.05) is 18.2 Å². The number of benzene rings is 2.